The minimum absolute atomic E-state index is 0.0211. The van der Waals surface area contributed by atoms with Gasteiger partial charge in [0.1, 0.15) is 48.6 Å². The molecule has 4 aromatic carbocycles. The van der Waals surface area contributed by atoms with Gasteiger partial charge < -0.3 is 104 Å². The summed E-state index contributed by atoms with van der Waals surface area (Å²) < 4.78 is 126. The molecule has 8 atom stereocenters. The van der Waals surface area contributed by atoms with Crippen LogP contribution in [0.5, 0.6) is 0 Å². The number of aliphatic hydroxyl groups is 2. The Kier molecular flexibility index (Phi) is 46.1. The van der Waals surface area contributed by atoms with E-state index in [1.54, 1.807) is 24.5 Å². The number of halogens is 10. The molecule has 0 aliphatic heterocycles. The van der Waals surface area contributed by atoms with Gasteiger partial charge in [0.2, 0.25) is 35.4 Å². The van der Waals surface area contributed by atoms with Crippen LogP contribution in [-0.4, -0.2) is 254 Å². The van der Waals surface area contributed by atoms with Crippen LogP contribution in [0.4, 0.5) is 43.9 Å². The zero-order chi connectivity index (χ0) is 98.5. The van der Waals surface area contributed by atoms with Crippen molar-refractivity contribution in [2.75, 3.05) is 64.0 Å². The number of aliphatic hydroxyl groups excluding tert-OH is 2. The SMILES string of the molecule is CC(C)(C)[C@H](c1cc(-c2cc(F)ccc2F)cn1Cc1ccccc1)N(CC[C@H](N)C(=O)NCCCC(=O)CNC(=O)[C@@H](CC(=O)O)SC[C@H](N)C(=O)O)C(=O)CO.CC(C)(C)[C@H](c1cc(-c2cc(F)ccc2F)cn1Cc1ccccc1)N(CC[C@H](N)C(=O)NCCCC(=O)CNC(=O)[C@H](CC(=O)O)SC[C@H](N)C(=O)O)C(=O)CO.O=C(O)C(F)(F)F.O=C(O)C(F)(F)F. The van der Waals surface area contributed by atoms with E-state index in [9.17, 15) is 103 Å². The molecule has 716 valence electrons. The number of Topliss-reactive ketones (excluding diaryl/α,β-unsaturated/α-hetero) is 2. The van der Waals surface area contributed by atoms with Crippen molar-refractivity contribution in [1.29, 1.82) is 0 Å². The summed E-state index contributed by atoms with van der Waals surface area (Å²) in [4.78, 5) is 168. The van der Waals surface area contributed by atoms with Gasteiger partial charge in [0, 0.05) is 110 Å². The molecule has 130 heavy (non-hydrogen) atoms. The summed E-state index contributed by atoms with van der Waals surface area (Å²) in [5.41, 5.74) is 25.8. The third kappa shape index (κ3) is 39.2. The largest absolute Gasteiger partial charge is 0.490 e. The van der Waals surface area contributed by atoms with Gasteiger partial charge in [0.25, 0.3) is 0 Å². The molecule has 6 amide bonds. The van der Waals surface area contributed by atoms with E-state index in [2.05, 4.69) is 21.3 Å². The highest BCUT2D eigenvalue weighted by atomic mass is 32.2. The Morgan fingerprint density at radius 3 is 1.03 bits per heavy atom. The van der Waals surface area contributed by atoms with Crippen molar-refractivity contribution in [3.63, 3.8) is 0 Å². The van der Waals surface area contributed by atoms with Crippen LogP contribution in [0, 0.1) is 34.1 Å². The average Bonchev–Trinajstić information content (AvgIpc) is 1.60. The van der Waals surface area contributed by atoms with Crippen molar-refractivity contribution in [2.45, 2.75) is 165 Å². The Morgan fingerprint density at radius 1 is 0.438 bits per heavy atom. The number of aromatic nitrogens is 2. The first-order chi connectivity index (χ1) is 60.5. The van der Waals surface area contributed by atoms with Gasteiger partial charge in [-0.2, -0.15) is 26.3 Å². The van der Waals surface area contributed by atoms with Crippen molar-refractivity contribution in [3.8, 4) is 22.3 Å². The molecule has 0 unspecified atom stereocenters. The van der Waals surface area contributed by atoms with Crippen LogP contribution < -0.4 is 44.2 Å². The Labute approximate surface area is 747 Å². The molecule has 0 aliphatic rings. The van der Waals surface area contributed by atoms with E-state index >= 15 is 8.78 Å². The molecule has 0 bridgehead atoms. The fourth-order valence-corrected chi connectivity index (χ4v) is 14.6. The number of thioether (sulfide) groups is 2. The number of carbonyl (C=O) groups excluding carboxylic acids is 8. The summed E-state index contributed by atoms with van der Waals surface area (Å²) in [6, 6.07) is 22.3. The zero-order valence-electron chi connectivity index (χ0n) is 71.3. The fraction of sp³-hybridized carbons (Fsp3) is 0.452. The number of hydrogen-bond donors (Lipinski definition) is 16. The average molecular weight is 1890 g/mol. The summed E-state index contributed by atoms with van der Waals surface area (Å²) in [5, 5.41) is 78.2. The number of aliphatic carboxylic acids is 6. The first kappa shape index (κ1) is 112. The predicted octanol–water partition coefficient (Wildman–Crippen LogP) is 6.62. The van der Waals surface area contributed by atoms with Crippen molar-refractivity contribution in [3.05, 3.63) is 167 Å². The van der Waals surface area contributed by atoms with Crippen LogP contribution in [0.2, 0.25) is 0 Å². The number of carbonyl (C=O) groups is 14. The number of carboxylic acid groups (broad SMARTS) is 6. The molecule has 46 heteroatoms. The highest BCUT2D eigenvalue weighted by Crippen LogP contribution is 2.44. The number of ketones is 2. The summed E-state index contributed by atoms with van der Waals surface area (Å²) >= 11 is 1.51. The minimum Gasteiger partial charge on any atom is -0.481 e. The second-order valence-corrected chi connectivity index (χ2v) is 33.7. The highest BCUT2D eigenvalue weighted by Gasteiger charge is 2.42. The standard InChI is InChI=1S/2C40H52F2N6O9S.2C2HF3O2/c2*1-40(2,3)36(32-16-25(28-17-26(41)11-12-29(28)42)21-47(32)20-24-8-5-4-6-9-24)48(34(51)22-49)15-13-30(43)37(54)45-14-7-10-27(50)19-46-38(55)33(18-35(52)53)58-23-31(44)39(56)57;2*3-2(4,5)1(6)7/h2*4-6,8-9,11-12,16-17,21,30-31,33,36,49H,7,10,13-15,18-20,22-23,43-44H2,1-3H3,(H,45,54)(H,46,55)(H,52,53)(H,56,57);2*(H,6,7)/t30-,31-,33+,36-;30-,31-,33-,36-;;/m00../s1. The van der Waals surface area contributed by atoms with Crippen molar-refractivity contribution < 1.29 is 152 Å². The Hall–Kier alpha value is -11.8. The van der Waals surface area contributed by atoms with Crippen LogP contribution in [-0.2, 0) is 80.2 Å². The molecule has 0 aliphatic carbocycles. The van der Waals surface area contributed by atoms with Crippen molar-refractivity contribution >= 4 is 106 Å². The molecule has 2 aromatic heterocycles. The minimum atomic E-state index is -5.08. The molecular formula is C84H106F10N12O22S2. The number of benzene rings is 4. The van der Waals surface area contributed by atoms with Gasteiger partial charge in [-0.25, -0.2) is 27.2 Å². The Morgan fingerprint density at radius 2 is 0.754 bits per heavy atom. The van der Waals surface area contributed by atoms with Gasteiger partial charge in [-0.1, -0.05) is 102 Å². The Balaban J connectivity index is 0.000000582. The van der Waals surface area contributed by atoms with E-state index in [-0.39, 0.29) is 87.3 Å². The van der Waals surface area contributed by atoms with E-state index in [0.29, 0.717) is 35.6 Å². The maximum atomic E-state index is 15.0. The summed E-state index contributed by atoms with van der Waals surface area (Å²) in [6.45, 7) is 9.47. The topological polar surface area (TPSA) is 569 Å². The third-order valence-corrected chi connectivity index (χ3v) is 21.3. The maximum Gasteiger partial charge on any atom is 0.490 e. The van der Waals surface area contributed by atoms with Gasteiger partial charge in [-0.15, -0.1) is 23.5 Å². The monoisotopic (exact) mass is 1890 g/mol. The normalized spacial score (nSPS) is 13.3. The number of hydrogen-bond acceptors (Lipinski definition) is 22. The number of nitrogens with two attached hydrogens (primary N) is 4. The molecular weight excluding hydrogens is 1780 g/mol. The summed E-state index contributed by atoms with van der Waals surface area (Å²) in [7, 11) is 0. The lowest BCUT2D eigenvalue weighted by Crippen LogP contribution is -2.47. The molecule has 6 rings (SSSR count). The van der Waals surface area contributed by atoms with Crippen LogP contribution in [0.25, 0.3) is 22.3 Å². The molecule has 0 saturated carbocycles. The van der Waals surface area contributed by atoms with E-state index in [1.807, 2.05) is 111 Å². The quantitative estimate of drug-likeness (QED) is 0.0141. The molecule has 2 heterocycles. The number of nitrogens with zero attached hydrogens (tertiary/aromatic N) is 4. The number of carboxylic acids is 6. The lowest BCUT2D eigenvalue weighted by Gasteiger charge is -2.41. The lowest BCUT2D eigenvalue weighted by atomic mass is 9.82. The van der Waals surface area contributed by atoms with Crippen molar-refractivity contribution in [2.24, 2.45) is 33.8 Å². The summed E-state index contributed by atoms with van der Waals surface area (Å²) in [6.07, 6.45) is -7.77. The van der Waals surface area contributed by atoms with Crippen LogP contribution >= 0.6 is 23.5 Å². The van der Waals surface area contributed by atoms with E-state index < -0.39 is 215 Å². The molecule has 0 radical (unpaired) electrons. The van der Waals surface area contributed by atoms with Gasteiger partial charge in [-0.3, -0.25) is 57.5 Å². The molecule has 0 spiro atoms. The molecule has 0 fully saturated rings. The van der Waals surface area contributed by atoms with E-state index in [1.165, 1.54) is 9.80 Å². The molecule has 34 nitrogen and oxygen atoms in total. The first-order valence-corrected chi connectivity index (χ1v) is 41.7. The lowest BCUT2D eigenvalue weighted by molar-refractivity contribution is -0.193. The van der Waals surface area contributed by atoms with Gasteiger partial charge in [0.05, 0.1) is 60.6 Å². The predicted molar refractivity (Wildman–Crippen MR) is 454 cm³/mol. The zero-order valence-corrected chi connectivity index (χ0v) is 72.9. The van der Waals surface area contributed by atoms with Crippen LogP contribution in [0.15, 0.2) is 122 Å². The molecule has 0 saturated heterocycles. The van der Waals surface area contributed by atoms with E-state index in [4.69, 9.17) is 63.2 Å². The van der Waals surface area contributed by atoms with Gasteiger partial charge >= 0.3 is 48.2 Å². The van der Waals surface area contributed by atoms with Crippen LogP contribution in [0.1, 0.15) is 128 Å². The first-order valence-electron chi connectivity index (χ1n) is 39.6. The van der Waals surface area contributed by atoms with Crippen LogP contribution in [0.3, 0.4) is 0 Å². The molecule has 6 aromatic rings. The number of rotatable bonds is 46. The molecule has 20 N–H and O–H groups in total. The van der Waals surface area contributed by atoms with E-state index in [0.717, 1.165) is 71.0 Å². The van der Waals surface area contributed by atoms with Gasteiger partial charge in [-0.05, 0) is 96.2 Å². The maximum absolute atomic E-state index is 15.0. The van der Waals surface area contributed by atoms with Crippen molar-refractivity contribution in [1.82, 2.24) is 40.2 Å². The number of amides is 6. The summed E-state index contributed by atoms with van der Waals surface area (Å²) in [5.74, 6) is -18.4. The third-order valence-electron chi connectivity index (χ3n) is 18.7. The second kappa shape index (κ2) is 53.4. The smallest absolute Gasteiger partial charge is 0.481 e. The van der Waals surface area contributed by atoms with Gasteiger partial charge in [0.15, 0.2) is 11.6 Å². The number of nitrogens with one attached hydrogen (secondary N) is 4. The highest BCUT2D eigenvalue weighted by molar-refractivity contribution is 8.00. The number of alkyl halides is 6. The second-order valence-electron chi connectivity index (χ2n) is 31.2. The fourth-order valence-electron chi connectivity index (χ4n) is 12.4. The Bertz CT molecular complexity index is 4530.